The summed E-state index contributed by atoms with van der Waals surface area (Å²) in [5.41, 5.74) is 0.406. The maximum atomic E-state index is 2.49. The maximum Gasteiger partial charge on any atom is -0.0146 e. The van der Waals surface area contributed by atoms with Gasteiger partial charge in [0.05, 0.1) is 0 Å². The van der Waals surface area contributed by atoms with E-state index in [4.69, 9.17) is 0 Å². The molecule has 1 unspecified atom stereocenters. The van der Waals surface area contributed by atoms with Gasteiger partial charge in [0, 0.05) is 0 Å². The van der Waals surface area contributed by atoms with Crippen molar-refractivity contribution in [2.75, 3.05) is 0 Å². The largest absolute Gasteiger partial charge is 0.0849 e. The van der Waals surface area contributed by atoms with Crippen LogP contribution >= 0.6 is 0 Å². The van der Waals surface area contributed by atoms with E-state index in [1.54, 1.807) is 0 Å². The first-order valence-electron chi connectivity index (χ1n) is 7.13. The molecule has 0 bridgehead atoms. The molecular formula is C16H30. The minimum Gasteiger partial charge on any atom is -0.0849 e. The smallest absolute Gasteiger partial charge is 0.0146 e. The molecule has 1 saturated carbocycles. The van der Waals surface area contributed by atoms with Crippen LogP contribution in [-0.4, -0.2) is 0 Å². The molecule has 0 aromatic heterocycles. The van der Waals surface area contributed by atoms with Gasteiger partial charge in [0.1, 0.15) is 0 Å². The molecule has 1 aliphatic rings. The normalized spacial score (nSPS) is 21.9. The Labute approximate surface area is 103 Å². The van der Waals surface area contributed by atoms with E-state index in [1.165, 1.54) is 32.1 Å². The minimum atomic E-state index is 0.406. The molecule has 1 fully saturated rings. The Morgan fingerprint density at radius 1 is 1.00 bits per heavy atom. The van der Waals surface area contributed by atoms with Crippen LogP contribution in [0, 0.1) is 23.2 Å². The minimum absolute atomic E-state index is 0.406. The van der Waals surface area contributed by atoms with E-state index < -0.39 is 0 Å². The standard InChI is InChI=1S/C16H30/c1-13(2)14(3)11-12-16(4,5)15-9-7-6-8-10-15/h11-15H,6-10H2,1-5H3/b12-11-. The van der Waals surface area contributed by atoms with Crippen LogP contribution in [0.1, 0.15) is 66.7 Å². The second kappa shape index (κ2) is 5.89. The molecule has 1 rings (SSSR count). The molecule has 0 amide bonds. The average molecular weight is 222 g/mol. The van der Waals surface area contributed by atoms with E-state index in [9.17, 15) is 0 Å². The highest BCUT2D eigenvalue weighted by Gasteiger charge is 2.28. The summed E-state index contributed by atoms with van der Waals surface area (Å²) in [4.78, 5) is 0. The molecule has 0 nitrogen and oxygen atoms in total. The Hall–Kier alpha value is -0.260. The SMILES string of the molecule is CC(C)C(C)/C=C\C(C)(C)C1CCCCC1. The molecule has 0 N–H and O–H groups in total. The van der Waals surface area contributed by atoms with E-state index in [0.717, 1.165) is 11.8 Å². The topological polar surface area (TPSA) is 0 Å². The van der Waals surface area contributed by atoms with E-state index >= 15 is 0 Å². The zero-order chi connectivity index (χ0) is 12.2. The third-order valence-corrected chi connectivity index (χ3v) is 4.54. The van der Waals surface area contributed by atoms with Crippen LogP contribution in [0.3, 0.4) is 0 Å². The fraction of sp³-hybridized carbons (Fsp3) is 0.875. The second-order valence-electron chi connectivity index (χ2n) is 6.62. The van der Waals surface area contributed by atoms with Gasteiger partial charge in [-0.15, -0.1) is 0 Å². The lowest BCUT2D eigenvalue weighted by Gasteiger charge is -2.35. The Bertz CT molecular complexity index is 216. The highest BCUT2D eigenvalue weighted by atomic mass is 14.3. The second-order valence-corrected chi connectivity index (χ2v) is 6.62. The predicted molar refractivity (Wildman–Crippen MR) is 73.5 cm³/mol. The predicted octanol–water partition coefficient (Wildman–Crippen LogP) is 5.44. The first-order chi connectivity index (χ1) is 7.43. The first-order valence-corrected chi connectivity index (χ1v) is 7.13. The zero-order valence-electron chi connectivity index (χ0n) is 11.9. The van der Waals surface area contributed by atoms with Gasteiger partial charge in [0.25, 0.3) is 0 Å². The summed E-state index contributed by atoms with van der Waals surface area (Å²) in [6.07, 6.45) is 12.2. The van der Waals surface area contributed by atoms with Gasteiger partial charge in [-0.3, -0.25) is 0 Å². The molecule has 0 spiro atoms. The fourth-order valence-corrected chi connectivity index (χ4v) is 2.60. The highest BCUT2D eigenvalue weighted by Crippen LogP contribution is 2.39. The lowest BCUT2D eigenvalue weighted by atomic mass is 9.70. The van der Waals surface area contributed by atoms with Crippen molar-refractivity contribution in [2.45, 2.75) is 66.7 Å². The zero-order valence-corrected chi connectivity index (χ0v) is 11.9. The third-order valence-electron chi connectivity index (χ3n) is 4.54. The van der Waals surface area contributed by atoms with Gasteiger partial charge in [-0.1, -0.05) is 66.0 Å². The monoisotopic (exact) mass is 222 g/mol. The molecule has 0 saturated heterocycles. The number of hydrogen-bond acceptors (Lipinski definition) is 0. The summed E-state index contributed by atoms with van der Waals surface area (Å²) in [6.45, 7) is 11.8. The summed E-state index contributed by atoms with van der Waals surface area (Å²) in [5, 5.41) is 0. The molecular weight excluding hydrogens is 192 g/mol. The van der Waals surface area contributed by atoms with Crippen molar-refractivity contribution < 1.29 is 0 Å². The summed E-state index contributed by atoms with van der Waals surface area (Å²) < 4.78 is 0. The van der Waals surface area contributed by atoms with Gasteiger partial charge in [-0.05, 0) is 36.0 Å². The van der Waals surface area contributed by atoms with Crippen LogP contribution in [0.4, 0.5) is 0 Å². The van der Waals surface area contributed by atoms with E-state index in [0.29, 0.717) is 11.3 Å². The van der Waals surface area contributed by atoms with Gasteiger partial charge in [0.2, 0.25) is 0 Å². The Kier molecular flexibility index (Phi) is 5.08. The van der Waals surface area contributed by atoms with Gasteiger partial charge in [0.15, 0.2) is 0 Å². The first kappa shape index (κ1) is 13.8. The van der Waals surface area contributed by atoms with Crippen LogP contribution in [0.15, 0.2) is 12.2 Å². The van der Waals surface area contributed by atoms with Crippen molar-refractivity contribution in [1.82, 2.24) is 0 Å². The van der Waals surface area contributed by atoms with Crippen molar-refractivity contribution in [3.8, 4) is 0 Å². The molecule has 1 aliphatic carbocycles. The molecule has 0 aliphatic heterocycles. The molecule has 0 aromatic carbocycles. The maximum absolute atomic E-state index is 2.49. The van der Waals surface area contributed by atoms with Gasteiger partial charge < -0.3 is 0 Å². The van der Waals surface area contributed by atoms with Crippen molar-refractivity contribution in [1.29, 1.82) is 0 Å². The molecule has 94 valence electrons. The van der Waals surface area contributed by atoms with Crippen LogP contribution in [0.2, 0.25) is 0 Å². The van der Waals surface area contributed by atoms with E-state index in [2.05, 4.69) is 46.8 Å². The third kappa shape index (κ3) is 3.96. The fourth-order valence-electron chi connectivity index (χ4n) is 2.60. The van der Waals surface area contributed by atoms with E-state index in [1.807, 2.05) is 0 Å². The summed E-state index contributed by atoms with van der Waals surface area (Å²) >= 11 is 0. The summed E-state index contributed by atoms with van der Waals surface area (Å²) in [7, 11) is 0. The van der Waals surface area contributed by atoms with Crippen LogP contribution < -0.4 is 0 Å². The molecule has 0 heteroatoms. The summed E-state index contributed by atoms with van der Waals surface area (Å²) in [6, 6.07) is 0. The average Bonchev–Trinajstić information content (AvgIpc) is 2.27. The summed E-state index contributed by atoms with van der Waals surface area (Å²) in [5.74, 6) is 2.39. The lowest BCUT2D eigenvalue weighted by molar-refractivity contribution is 0.209. The number of hydrogen-bond donors (Lipinski definition) is 0. The Morgan fingerprint density at radius 3 is 2.06 bits per heavy atom. The molecule has 1 atom stereocenters. The number of rotatable bonds is 4. The van der Waals surface area contributed by atoms with Gasteiger partial charge >= 0.3 is 0 Å². The van der Waals surface area contributed by atoms with Crippen LogP contribution in [0.5, 0.6) is 0 Å². The van der Waals surface area contributed by atoms with E-state index in [-0.39, 0.29) is 0 Å². The van der Waals surface area contributed by atoms with Crippen LogP contribution in [-0.2, 0) is 0 Å². The molecule has 0 heterocycles. The van der Waals surface area contributed by atoms with Crippen molar-refractivity contribution in [3.05, 3.63) is 12.2 Å². The van der Waals surface area contributed by atoms with Crippen molar-refractivity contribution >= 4 is 0 Å². The van der Waals surface area contributed by atoms with Crippen LogP contribution in [0.25, 0.3) is 0 Å². The lowest BCUT2D eigenvalue weighted by Crippen LogP contribution is -2.24. The highest BCUT2D eigenvalue weighted by molar-refractivity contribution is 5.01. The Balaban J connectivity index is 2.55. The molecule has 0 radical (unpaired) electrons. The Morgan fingerprint density at radius 2 is 1.56 bits per heavy atom. The van der Waals surface area contributed by atoms with Gasteiger partial charge in [-0.2, -0.15) is 0 Å². The van der Waals surface area contributed by atoms with Gasteiger partial charge in [-0.25, -0.2) is 0 Å². The molecule has 0 aromatic rings. The molecule has 16 heavy (non-hydrogen) atoms. The van der Waals surface area contributed by atoms with Crippen molar-refractivity contribution in [2.24, 2.45) is 23.2 Å². The number of allylic oxidation sites excluding steroid dienone is 2. The quantitative estimate of drug-likeness (QED) is 0.555. The van der Waals surface area contributed by atoms with Crippen molar-refractivity contribution in [3.63, 3.8) is 0 Å².